The van der Waals surface area contributed by atoms with Crippen molar-refractivity contribution in [3.8, 4) is 5.75 Å². The van der Waals surface area contributed by atoms with Gasteiger partial charge in [-0.05, 0) is 30.7 Å². The molecule has 1 amide bonds. The Kier molecular flexibility index (Phi) is 4.77. The summed E-state index contributed by atoms with van der Waals surface area (Å²) in [6.07, 6.45) is 1.65. The Hall–Kier alpha value is -3.66. The van der Waals surface area contributed by atoms with E-state index >= 15 is 0 Å². The maximum absolute atomic E-state index is 12.9. The first-order chi connectivity index (χ1) is 13.6. The van der Waals surface area contributed by atoms with Crippen molar-refractivity contribution >= 4 is 16.8 Å². The first kappa shape index (κ1) is 17.7. The van der Waals surface area contributed by atoms with Crippen LogP contribution in [0.15, 0.2) is 85.1 Å². The summed E-state index contributed by atoms with van der Waals surface area (Å²) in [6.45, 7) is 1.95. The lowest BCUT2D eigenvalue weighted by Gasteiger charge is -2.21. The highest BCUT2D eigenvalue weighted by atomic mass is 16.3. The van der Waals surface area contributed by atoms with E-state index in [1.54, 1.807) is 12.3 Å². The van der Waals surface area contributed by atoms with Gasteiger partial charge in [-0.15, -0.1) is 0 Å². The van der Waals surface area contributed by atoms with E-state index < -0.39 is 6.04 Å². The molecule has 3 aromatic carbocycles. The highest BCUT2D eigenvalue weighted by Crippen LogP contribution is 2.34. The maximum Gasteiger partial charge on any atom is 0.252 e. The number of rotatable bonds is 4. The number of amides is 1. The molecule has 28 heavy (non-hydrogen) atoms. The van der Waals surface area contributed by atoms with Crippen LogP contribution in [-0.4, -0.2) is 16.0 Å². The number of phenols is 1. The van der Waals surface area contributed by atoms with Gasteiger partial charge in [-0.2, -0.15) is 0 Å². The summed E-state index contributed by atoms with van der Waals surface area (Å²) in [5.41, 5.74) is 3.61. The molecule has 0 radical (unpaired) electrons. The second-order valence-electron chi connectivity index (χ2n) is 6.77. The summed E-state index contributed by atoms with van der Waals surface area (Å²) < 4.78 is 0. The fourth-order valence-corrected chi connectivity index (χ4v) is 3.37. The second-order valence-corrected chi connectivity index (χ2v) is 6.77. The lowest BCUT2D eigenvalue weighted by molar-refractivity contribution is 0.0942. The molecule has 4 nitrogen and oxygen atoms in total. The zero-order valence-corrected chi connectivity index (χ0v) is 15.5. The van der Waals surface area contributed by atoms with E-state index in [1.807, 2.05) is 79.7 Å². The fourth-order valence-electron chi connectivity index (χ4n) is 3.37. The normalized spacial score (nSPS) is 11.9. The Morgan fingerprint density at radius 1 is 0.964 bits per heavy atom. The van der Waals surface area contributed by atoms with Crippen molar-refractivity contribution in [1.82, 2.24) is 10.3 Å². The molecule has 0 fully saturated rings. The molecule has 1 heterocycles. The van der Waals surface area contributed by atoms with Gasteiger partial charge in [0.25, 0.3) is 5.91 Å². The Morgan fingerprint density at radius 2 is 1.79 bits per heavy atom. The Bertz CT molecular complexity index is 1140. The third-order valence-corrected chi connectivity index (χ3v) is 4.78. The molecule has 0 aliphatic carbocycles. The molecule has 4 heteroatoms. The Labute approximate surface area is 163 Å². The lowest BCUT2D eigenvalue weighted by atomic mass is 9.96. The average molecular weight is 368 g/mol. The highest BCUT2D eigenvalue weighted by Gasteiger charge is 2.22. The van der Waals surface area contributed by atoms with Crippen LogP contribution in [0.3, 0.4) is 0 Å². The smallest absolute Gasteiger partial charge is 0.252 e. The molecule has 1 aromatic heterocycles. The van der Waals surface area contributed by atoms with Crippen LogP contribution < -0.4 is 5.32 Å². The SMILES string of the molecule is Cc1cccc(C(=O)NC(c2ccccc2)c2ccc3cccnc3c2O)c1. The average Bonchev–Trinajstić information content (AvgIpc) is 2.73. The largest absolute Gasteiger partial charge is 0.505 e. The van der Waals surface area contributed by atoms with Crippen LogP contribution in [0.2, 0.25) is 0 Å². The van der Waals surface area contributed by atoms with E-state index in [-0.39, 0.29) is 11.7 Å². The molecule has 4 rings (SSSR count). The van der Waals surface area contributed by atoms with Crippen molar-refractivity contribution in [2.45, 2.75) is 13.0 Å². The van der Waals surface area contributed by atoms with Gasteiger partial charge in [0.15, 0.2) is 0 Å². The number of aromatic hydroxyl groups is 1. The van der Waals surface area contributed by atoms with Crippen LogP contribution in [0.1, 0.15) is 33.1 Å². The highest BCUT2D eigenvalue weighted by molar-refractivity contribution is 5.95. The minimum Gasteiger partial charge on any atom is -0.505 e. The number of fused-ring (bicyclic) bond motifs is 1. The molecular formula is C24H20N2O2. The van der Waals surface area contributed by atoms with Gasteiger partial charge >= 0.3 is 0 Å². The van der Waals surface area contributed by atoms with Gasteiger partial charge in [-0.25, -0.2) is 0 Å². The number of nitrogens with zero attached hydrogens (tertiary/aromatic N) is 1. The van der Waals surface area contributed by atoms with Crippen molar-refractivity contribution in [3.63, 3.8) is 0 Å². The minimum absolute atomic E-state index is 0.0801. The summed E-state index contributed by atoms with van der Waals surface area (Å²) in [5, 5.41) is 14.8. The van der Waals surface area contributed by atoms with Gasteiger partial charge in [-0.1, -0.05) is 66.2 Å². The summed E-state index contributed by atoms with van der Waals surface area (Å²) in [5.74, 6) is -0.116. The maximum atomic E-state index is 12.9. The van der Waals surface area contributed by atoms with Crippen molar-refractivity contribution in [3.05, 3.63) is 107 Å². The van der Waals surface area contributed by atoms with Gasteiger partial charge in [-0.3, -0.25) is 9.78 Å². The van der Waals surface area contributed by atoms with Crippen LogP contribution in [0, 0.1) is 6.92 Å². The number of pyridine rings is 1. The predicted octanol–water partition coefficient (Wildman–Crippen LogP) is 4.77. The molecule has 1 unspecified atom stereocenters. The van der Waals surface area contributed by atoms with E-state index in [9.17, 15) is 9.90 Å². The first-order valence-corrected chi connectivity index (χ1v) is 9.12. The van der Waals surface area contributed by atoms with Crippen LogP contribution in [0.25, 0.3) is 10.9 Å². The third-order valence-electron chi connectivity index (χ3n) is 4.78. The van der Waals surface area contributed by atoms with Crippen molar-refractivity contribution in [2.24, 2.45) is 0 Å². The number of nitrogens with one attached hydrogen (secondary N) is 1. The van der Waals surface area contributed by atoms with Gasteiger partial charge < -0.3 is 10.4 Å². The molecule has 0 aliphatic heterocycles. The minimum atomic E-state index is -0.499. The van der Waals surface area contributed by atoms with Crippen LogP contribution in [0.5, 0.6) is 5.75 Å². The number of phenolic OH excluding ortho intramolecular Hbond substituents is 1. The van der Waals surface area contributed by atoms with Crippen LogP contribution >= 0.6 is 0 Å². The number of benzene rings is 3. The number of hydrogen-bond donors (Lipinski definition) is 2. The van der Waals surface area contributed by atoms with E-state index in [1.165, 1.54) is 0 Å². The van der Waals surface area contributed by atoms with Gasteiger partial charge in [0.1, 0.15) is 11.3 Å². The molecule has 1 atom stereocenters. The Balaban J connectivity index is 1.79. The number of carbonyl (C=O) groups is 1. The number of aryl methyl sites for hydroxylation is 1. The van der Waals surface area contributed by atoms with E-state index in [4.69, 9.17) is 0 Å². The predicted molar refractivity (Wildman–Crippen MR) is 110 cm³/mol. The molecule has 0 aliphatic rings. The van der Waals surface area contributed by atoms with E-state index in [0.717, 1.165) is 16.5 Å². The number of carbonyl (C=O) groups excluding carboxylic acids is 1. The molecule has 0 saturated carbocycles. The van der Waals surface area contributed by atoms with Gasteiger partial charge in [0, 0.05) is 22.7 Å². The van der Waals surface area contributed by atoms with Crippen molar-refractivity contribution in [2.75, 3.05) is 0 Å². The van der Waals surface area contributed by atoms with Crippen LogP contribution in [-0.2, 0) is 0 Å². The summed E-state index contributed by atoms with van der Waals surface area (Å²) in [4.78, 5) is 17.2. The molecule has 0 bridgehead atoms. The summed E-state index contributed by atoms with van der Waals surface area (Å²) >= 11 is 0. The molecule has 0 spiro atoms. The van der Waals surface area contributed by atoms with Crippen molar-refractivity contribution < 1.29 is 9.90 Å². The number of hydrogen-bond acceptors (Lipinski definition) is 3. The molecular weight excluding hydrogens is 348 g/mol. The second kappa shape index (κ2) is 7.53. The molecule has 4 aromatic rings. The third kappa shape index (κ3) is 3.45. The lowest BCUT2D eigenvalue weighted by Crippen LogP contribution is -2.29. The fraction of sp³-hybridized carbons (Fsp3) is 0.0833. The zero-order valence-electron chi connectivity index (χ0n) is 15.5. The zero-order chi connectivity index (χ0) is 19.5. The molecule has 0 saturated heterocycles. The van der Waals surface area contributed by atoms with E-state index in [2.05, 4.69) is 10.3 Å². The quantitative estimate of drug-likeness (QED) is 0.545. The molecule has 2 N–H and O–H groups in total. The van der Waals surface area contributed by atoms with E-state index in [0.29, 0.717) is 16.6 Å². The standard InChI is InChI=1S/C24H20N2O2/c1-16-7-5-10-19(15-16)24(28)26-21(17-8-3-2-4-9-17)20-13-12-18-11-6-14-25-22(18)23(20)27/h2-15,21,27H,1H3,(H,26,28). The number of aromatic nitrogens is 1. The molecule has 138 valence electrons. The Morgan fingerprint density at radius 3 is 2.57 bits per heavy atom. The monoisotopic (exact) mass is 368 g/mol. The van der Waals surface area contributed by atoms with Crippen LogP contribution in [0.4, 0.5) is 0 Å². The first-order valence-electron chi connectivity index (χ1n) is 9.12. The topological polar surface area (TPSA) is 62.2 Å². The van der Waals surface area contributed by atoms with Gasteiger partial charge in [0.2, 0.25) is 0 Å². The van der Waals surface area contributed by atoms with Gasteiger partial charge in [0.05, 0.1) is 6.04 Å². The summed E-state index contributed by atoms with van der Waals surface area (Å²) in [6, 6.07) is 24.0. The van der Waals surface area contributed by atoms with Crippen molar-refractivity contribution in [1.29, 1.82) is 0 Å². The summed E-state index contributed by atoms with van der Waals surface area (Å²) in [7, 11) is 0.